The summed E-state index contributed by atoms with van der Waals surface area (Å²) in [6.07, 6.45) is 0.495. The van der Waals surface area contributed by atoms with E-state index in [0.29, 0.717) is 11.6 Å². The minimum atomic E-state index is -3.02. The van der Waals surface area contributed by atoms with Crippen LogP contribution in [0.15, 0.2) is 23.4 Å². The fourth-order valence-corrected chi connectivity index (χ4v) is 5.64. The van der Waals surface area contributed by atoms with Crippen LogP contribution < -0.4 is 0 Å². The molecule has 1 fully saturated rings. The summed E-state index contributed by atoms with van der Waals surface area (Å²) in [6, 6.07) is 5.69. The molecule has 8 nitrogen and oxygen atoms in total. The number of carbonyl (C=O) groups excluding carboxylic acids is 1. The standard InChI is InChI=1S/C16H21N5O3S2/c1-11-5-4-6-12(2)15(11)21-16(17-18-19-21)25-9-14(22)20(3)13-7-8-26(23,24)10-13/h4-6,13H,7-10H2,1-3H3. The van der Waals surface area contributed by atoms with Crippen LogP contribution in [0, 0.1) is 13.8 Å². The number of carbonyl (C=O) groups is 1. The number of amides is 1. The van der Waals surface area contributed by atoms with Crippen LogP contribution in [0.3, 0.4) is 0 Å². The predicted molar refractivity (Wildman–Crippen MR) is 99.2 cm³/mol. The van der Waals surface area contributed by atoms with Crippen molar-refractivity contribution >= 4 is 27.5 Å². The number of aromatic nitrogens is 4. The Kier molecular flexibility index (Phi) is 5.33. The first-order valence-electron chi connectivity index (χ1n) is 8.22. The number of thioether (sulfide) groups is 1. The van der Waals surface area contributed by atoms with Gasteiger partial charge < -0.3 is 4.90 Å². The van der Waals surface area contributed by atoms with Gasteiger partial charge in [0.05, 0.1) is 22.9 Å². The Bertz CT molecular complexity index is 905. The van der Waals surface area contributed by atoms with Crippen molar-refractivity contribution in [1.82, 2.24) is 25.1 Å². The largest absolute Gasteiger partial charge is 0.341 e. The highest BCUT2D eigenvalue weighted by Gasteiger charge is 2.32. The number of benzene rings is 1. The molecule has 1 aliphatic rings. The molecule has 1 amide bonds. The zero-order valence-electron chi connectivity index (χ0n) is 14.9. The monoisotopic (exact) mass is 395 g/mol. The topological polar surface area (TPSA) is 98.1 Å². The number of hydrogen-bond donors (Lipinski definition) is 0. The van der Waals surface area contributed by atoms with E-state index in [-0.39, 0.29) is 29.2 Å². The maximum absolute atomic E-state index is 12.5. The normalized spacial score (nSPS) is 18.8. The van der Waals surface area contributed by atoms with Gasteiger partial charge in [-0.05, 0) is 41.8 Å². The van der Waals surface area contributed by atoms with Crippen molar-refractivity contribution < 1.29 is 13.2 Å². The number of nitrogens with zero attached hydrogens (tertiary/aromatic N) is 5. The summed E-state index contributed by atoms with van der Waals surface area (Å²) in [7, 11) is -1.37. The molecule has 1 atom stereocenters. The van der Waals surface area contributed by atoms with E-state index in [2.05, 4.69) is 15.5 Å². The van der Waals surface area contributed by atoms with Crippen molar-refractivity contribution in [3.05, 3.63) is 29.3 Å². The number of rotatable bonds is 5. The Morgan fingerprint density at radius 2 is 2.04 bits per heavy atom. The third kappa shape index (κ3) is 3.90. The molecule has 2 aromatic rings. The third-order valence-corrected chi connectivity index (χ3v) is 7.22. The lowest BCUT2D eigenvalue weighted by molar-refractivity contribution is -0.128. The van der Waals surface area contributed by atoms with Crippen LogP contribution in [0.4, 0.5) is 0 Å². The van der Waals surface area contributed by atoms with Gasteiger partial charge in [0.15, 0.2) is 9.84 Å². The van der Waals surface area contributed by atoms with Crippen molar-refractivity contribution in [2.45, 2.75) is 31.5 Å². The summed E-state index contributed by atoms with van der Waals surface area (Å²) in [5, 5.41) is 12.4. The maximum Gasteiger partial charge on any atom is 0.233 e. The Morgan fingerprint density at radius 1 is 1.35 bits per heavy atom. The first-order chi connectivity index (χ1) is 12.3. The SMILES string of the molecule is Cc1cccc(C)c1-n1nnnc1SCC(=O)N(C)C1CCS(=O)(=O)C1. The van der Waals surface area contributed by atoms with Gasteiger partial charge in [-0.3, -0.25) is 4.79 Å². The fraction of sp³-hybridized carbons (Fsp3) is 0.500. The lowest BCUT2D eigenvalue weighted by atomic mass is 10.1. The van der Waals surface area contributed by atoms with E-state index in [1.165, 1.54) is 16.7 Å². The molecule has 0 saturated carbocycles. The van der Waals surface area contributed by atoms with E-state index < -0.39 is 9.84 Å². The van der Waals surface area contributed by atoms with Gasteiger partial charge in [-0.25, -0.2) is 8.42 Å². The van der Waals surface area contributed by atoms with Crippen molar-refractivity contribution in [1.29, 1.82) is 0 Å². The van der Waals surface area contributed by atoms with Crippen LogP contribution in [-0.2, 0) is 14.6 Å². The van der Waals surface area contributed by atoms with Crippen molar-refractivity contribution in [3.63, 3.8) is 0 Å². The number of sulfone groups is 1. The Morgan fingerprint density at radius 3 is 2.65 bits per heavy atom. The second-order valence-electron chi connectivity index (χ2n) is 6.46. The molecule has 1 aromatic carbocycles. The Labute approximate surface area is 156 Å². The molecule has 1 saturated heterocycles. The predicted octanol–water partition coefficient (Wildman–Crippen LogP) is 1.02. The number of tetrazole rings is 1. The van der Waals surface area contributed by atoms with Crippen LogP contribution in [0.25, 0.3) is 5.69 Å². The molecule has 1 aromatic heterocycles. The van der Waals surface area contributed by atoms with E-state index in [9.17, 15) is 13.2 Å². The lowest BCUT2D eigenvalue weighted by Gasteiger charge is -2.23. The van der Waals surface area contributed by atoms with Gasteiger partial charge in [0.1, 0.15) is 0 Å². The van der Waals surface area contributed by atoms with Crippen LogP contribution in [0.1, 0.15) is 17.5 Å². The molecule has 0 aliphatic carbocycles. The average molecular weight is 396 g/mol. The van der Waals surface area contributed by atoms with E-state index in [0.717, 1.165) is 16.8 Å². The minimum absolute atomic E-state index is 0.0417. The van der Waals surface area contributed by atoms with Gasteiger partial charge in [0, 0.05) is 13.1 Å². The van der Waals surface area contributed by atoms with E-state index in [1.54, 1.807) is 11.7 Å². The molecule has 0 spiro atoms. The maximum atomic E-state index is 12.5. The third-order valence-electron chi connectivity index (χ3n) is 4.57. The molecule has 0 N–H and O–H groups in total. The molecular formula is C16H21N5O3S2. The molecule has 0 bridgehead atoms. The van der Waals surface area contributed by atoms with Crippen LogP contribution in [0.5, 0.6) is 0 Å². The summed E-state index contributed by atoms with van der Waals surface area (Å²) in [5.74, 6) is 0.208. The van der Waals surface area contributed by atoms with E-state index >= 15 is 0 Å². The molecular weight excluding hydrogens is 374 g/mol. The second kappa shape index (κ2) is 7.36. The highest BCUT2D eigenvalue weighted by Crippen LogP contribution is 2.24. The van der Waals surface area contributed by atoms with Crippen molar-refractivity contribution in [2.24, 2.45) is 0 Å². The average Bonchev–Trinajstić information content (AvgIpc) is 3.18. The van der Waals surface area contributed by atoms with E-state index in [4.69, 9.17) is 0 Å². The molecule has 26 heavy (non-hydrogen) atoms. The molecule has 1 aliphatic heterocycles. The highest BCUT2D eigenvalue weighted by atomic mass is 32.2. The van der Waals surface area contributed by atoms with Crippen molar-refractivity contribution in [2.75, 3.05) is 24.3 Å². The van der Waals surface area contributed by atoms with Crippen molar-refractivity contribution in [3.8, 4) is 5.69 Å². The molecule has 0 radical (unpaired) electrons. The summed E-state index contributed by atoms with van der Waals surface area (Å²) in [6.45, 7) is 3.97. The van der Waals surface area contributed by atoms with Gasteiger partial charge in [-0.2, -0.15) is 4.68 Å². The van der Waals surface area contributed by atoms with Crippen LogP contribution >= 0.6 is 11.8 Å². The summed E-state index contributed by atoms with van der Waals surface area (Å²) >= 11 is 1.25. The molecule has 1 unspecified atom stereocenters. The van der Waals surface area contributed by atoms with Gasteiger partial charge >= 0.3 is 0 Å². The van der Waals surface area contributed by atoms with Gasteiger partial charge in [0.2, 0.25) is 11.1 Å². The van der Waals surface area contributed by atoms with E-state index in [1.807, 2.05) is 32.0 Å². The molecule has 10 heteroatoms. The van der Waals surface area contributed by atoms with Gasteiger partial charge in [-0.15, -0.1) is 5.10 Å². The lowest BCUT2D eigenvalue weighted by Crippen LogP contribution is -2.38. The smallest absolute Gasteiger partial charge is 0.233 e. The number of aryl methyl sites for hydroxylation is 2. The number of para-hydroxylation sites is 1. The Hall–Kier alpha value is -1.94. The second-order valence-corrected chi connectivity index (χ2v) is 9.64. The minimum Gasteiger partial charge on any atom is -0.341 e. The summed E-state index contributed by atoms with van der Waals surface area (Å²) < 4.78 is 24.9. The van der Waals surface area contributed by atoms with Gasteiger partial charge in [0.25, 0.3) is 0 Å². The quantitative estimate of drug-likeness (QED) is 0.697. The molecule has 140 valence electrons. The summed E-state index contributed by atoms with van der Waals surface area (Å²) in [4.78, 5) is 14.0. The Balaban J connectivity index is 1.70. The zero-order chi connectivity index (χ0) is 18.9. The highest BCUT2D eigenvalue weighted by molar-refractivity contribution is 7.99. The van der Waals surface area contributed by atoms with Crippen LogP contribution in [0.2, 0.25) is 0 Å². The van der Waals surface area contributed by atoms with Crippen LogP contribution in [-0.4, -0.2) is 69.8 Å². The summed E-state index contributed by atoms with van der Waals surface area (Å²) in [5.41, 5.74) is 2.99. The first kappa shape index (κ1) is 18.8. The molecule has 3 rings (SSSR count). The fourth-order valence-electron chi connectivity index (χ4n) is 3.06. The first-order valence-corrected chi connectivity index (χ1v) is 11.0. The zero-order valence-corrected chi connectivity index (χ0v) is 16.5. The molecule has 2 heterocycles. The van der Waals surface area contributed by atoms with Gasteiger partial charge in [-0.1, -0.05) is 30.0 Å². The number of hydrogen-bond acceptors (Lipinski definition) is 7.